The number of benzodiazepines with no additional fused rings is 1. The maximum absolute atomic E-state index is 13.8. The number of fused-ring (bicyclic) bond motifs is 1. The van der Waals surface area contributed by atoms with E-state index >= 15 is 0 Å². The lowest BCUT2D eigenvalue weighted by molar-refractivity contribution is -0.142. The number of anilines is 1. The molecule has 0 saturated heterocycles. The fraction of sp³-hybridized carbons (Fsp3) is 0.429. The molecule has 2 unspecified atom stereocenters. The van der Waals surface area contributed by atoms with Gasteiger partial charge in [-0.2, -0.15) is 0 Å². The van der Waals surface area contributed by atoms with Crippen LogP contribution in [0.1, 0.15) is 57.1 Å². The number of nitrogens with zero attached hydrogens (tertiary/aromatic N) is 2. The molecule has 7 nitrogen and oxygen atoms in total. The third kappa shape index (κ3) is 4.72. The second kappa shape index (κ2) is 10.0. The first-order valence-corrected chi connectivity index (χ1v) is 12.3. The fourth-order valence-corrected chi connectivity index (χ4v) is 5.51. The van der Waals surface area contributed by atoms with E-state index in [9.17, 15) is 14.4 Å². The minimum absolute atomic E-state index is 0.183. The first-order chi connectivity index (χ1) is 16.7. The molecule has 3 amide bonds. The summed E-state index contributed by atoms with van der Waals surface area (Å²) in [5, 5.41) is 2.91. The molecule has 35 heavy (non-hydrogen) atoms. The van der Waals surface area contributed by atoms with Crippen molar-refractivity contribution < 1.29 is 14.4 Å². The second-order valence-corrected chi connectivity index (χ2v) is 10.1. The van der Waals surface area contributed by atoms with Crippen LogP contribution in [0.25, 0.3) is 0 Å². The number of primary amides is 1. The Bertz CT molecular complexity index is 1140. The van der Waals surface area contributed by atoms with Crippen LogP contribution in [0, 0.1) is 17.3 Å². The zero-order chi connectivity index (χ0) is 25.2. The molecule has 3 N–H and O–H groups in total. The molecule has 0 spiro atoms. The molecule has 1 heterocycles. The molecule has 2 aliphatic rings. The Hall–Kier alpha value is -3.48. The summed E-state index contributed by atoms with van der Waals surface area (Å²) in [5.74, 6) is -1.53. The molecule has 1 aliphatic heterocycles. The highest BCUT2D eigenvalue weighted by atomic mass is 16.2. The molecule has 7 heteroatoms. The van der Waals surface area contributed by atoms with E-state index in [1.165, 1.54) is 4.90 Å². The number of likely N-dealkylation sites (N-methyl/N-ethyl adjacent to an activating group) is 1. The van der Waals surface area contributed by atoms with Crippen molar-refractivity contribution in [2.75, 3.05) is 11.9 Å². The van der Waals surface area contributed by atoms with Crippen molar-refractivity contribution in [1.29, 1.82) is 0 Å². The van der Waals surface area contributed by atoms with Crippen molar-refractivity contribution in [1.82, 2.24) is 5.32 Å². The van der Waals surface area contributed by atoms with Crippen molar-refractivity contribution in [3.8, 4) is 0 Å². The number of aliphatic imine (C=N–C) groups is 1. The number of carbonyl (C=O) groups is 3. The van der Waals surface area contributed by atoms with Crippen LogP contribution in [-0.2, 0) is 14.4 Å². The molecule has 2 aromatic carbocycles. The Labute approximate surface area is 206 Å². The quantitative estimate of drug-likeness (QED) is 0.640. The van der Waals surface area contributed by atoms with Gasteiger partial charge in [-0.15, -0.1) is 0 Å². The average molecular weight is 475 g/mol. The standard InChI is InChI=1S/C28H34N4O3/c1-18(2)17-21(28(27(29)35)15-9-10-16-28)25(33)31-24-26(34)32(3)22-14-8-7-13-20(22)23(30-24)19-11-5-4-6-12-19/h4-8,11-14,18,21,24H,9-10,15-17H2,1-3H3,(H2,29,35)(H,31,33). The molecule has 0 bridgehead atoms. The molecule has 1 fully saturated rings. The summed E-state index contributed by atoms with van der Waals surface area (Å²) < 4.78 is 0. The summed E-state index contributed by atoms with van der Waals surface area (Å²) in [7, 11) is 1.69. The Morgan fingerprint density at radius 3 is 2.34 bits per heavy atom. The highest BCUT2D eigenvalue weighted by molar-refractivity contribution is 6.20. The van der Waals surface area contributed by atoms with Crippen LogP contribution >= 0.6 is 0 Å². The topological polar surface area (TPSA) is 105 Å². The van der Waals surface area contributed by atoms with E-state index in [0.717, 1.165) is 29.7 Å². The normalized spacial score (nSPS) is 20.1. The number of carbonyl (C=O) groups excluding carboxylic acids is 3. The van der Waals surface area contributed by atoms with Gasteiger partial charge in [0.1, 0.15) is 0 Å². The molecule has 0 radical (unpaired) electrons. The van der Waals surface area contributed by atoms with Gasteiger partial charge in [-0.3, -0.25) is 14.4 Å². The minimum Gasteiger partial charge on any atom is -0.369 e. The Balaban J connectivity index is 1.74. The SMILES string of the molecule is CC(C)CC(C(=O)NC1N=C(c2ccccc2)c2ccccc2N(C)C1=O)C1(C(N)=O)CCCC1. The van der Waals surface area contributed by atoms with Gasteiger partial charge in [0.2, 0.25) is 18.0 Å². The summed E-state index contributed by atoms with van der Waals surface area (Å²) in [6.07, 6.45) is 2.31. The lowest BCUT2D eigenvalue weighted by Crippen LogP contribution is -2.53. The first-order valence-electron chi connectivity index (χ1n) is 12.3. The van der Waals surface area contributed by atoms with Crippen molar-refractivity contribution in [3.63, 3.8) is 0 Å². The second-order valence-electron chi connectivity index (χ2n) is 10.1. The molecule has 1 saturated carbocycles. The Morgan fingerprint density at radius 1 is 1.09 bits per heavy atom. The number of para-hydroxylation sites is 1. The number of hydrogen-bond acceptors (Lipinski definition) is 4. The van der Waals surface area contributed by atoms with Crippen LogP contribution in [0.4, 0.5) is 5.69 Å². The smallest absolute Gasteiger partial charge is 0.272 e. The van der Waals surface area contributed by atoms with E-state index in [1.807, 2.05) is 68.4 Å². The zero-order valence-electron chi connectivity index (χ0n) is 20.7. The monoisotopic (exact) mass is 474 g/mol. The third-order valence-corrected chi connectivity index (χ3v) is 7.35. The molecule has 184 valence electrons. The van der Waals surface area contributed by atoms with Gasteiger partial charge in [-0.1, -0.05) is 75.2 Å². The summed E-state index contributed by atoms with van der Waals surface area (Å²) in [6.45, 7) is 4.05. The van der Waals surface area contributed by atoms with E-state index in [-0.39, 0.29) is 17.7 Å². The zero-order valence-corrected chi connectivity index (χ0v) is 20.7. The molecular weight excluding hydrogens is 440 g/mol. The maximum atomic E-state index is 13.8. The summed E-state index contributed by atoms with van der Waals surface area (Å²) >= 11 is 0. The van der Waals surface area contributed by atoms with Gasteiger partial charge in [-0.25, -0.2) is 4.99 Å². The van der Waals surface area contributed by atoms with Crippen LogP contribution in [0.15, 0.2) is 59.6 Å². The highest BCUT2D eigenvalue weighted by Crippen LogP contribution is 2.46. The van der Waals surface area contributed by atoms with Crippen LogP contribution in [0.3, 0.4) is 0 Å². The van der Waals surface area contributed by atoms with Gasteiger partial charge >= 0.3 is 0 Å². The van der Waals surface area contributed by atoms with Crippen LogP contribution in [0.2, 0.25) is 0 Å². The summed E-state index contributed by atoms with van der Waals surface area (Å²) in [5.41, 5.74) is 8.03. The number of rotatable bonds is 7. The van der Waals surface area contributed by atoms with E-state index in [1.54, 1.807) is 7.05 Å². The van der Waals surface area contributed by atoms with E-state index < -0.39 is 23.4 Å². The van der Waals surface area contributed by atoms with Gasteiger partial charge < -0.3 is 16.0 Å². The number of nitrogens with two attached hydrogens (primary N) is 1. The average Bonchev–Trinajstić information content (AvgIpc) is 3.32. The third-order valence-electron chi connectivity index (χ3n) is 7.35. The largest absolute Gasteiger partial charge is 0.369 e. The summed E-state index contributed by atoms with van der Waals surface area (Å²) in [6, 6.07) is 17.2. The Kier molecular flexibility index (Phi) is 7.05. The fourth-order valence-electron chi connectivity index (χ4n) is 5.51. The summed E-state index contributed by atoms with van der Waals surface area (Å²) in [4.78, 5) is 46.2. The van der Waals surface area contributed by atoms with Crippen LogP contribution in [0.5, 0.6) is 0 Å². The lowest BCUT2D eigenvalue weighted by Gasteiger charge is -2.35. The first kappa shape index (κ1) is 24.6. The van der Waals surface area contributed by atoms with Gasteiger partial charge in [0.05, 0.1) is 22.7 Å². The van der Waals surface area contributed by atoms with Gasteiger partial charge in [0.25, 0.3) is 5.91 Å². The number of amides is 3. The van der Waals surface area contributed by atoms with Gasteiger partial charge in [0, 0.05) is 18.2 Å². The molecular formula is C28H34N4O3. The predicted octanol–water partition coefficient (Wildman–Crippen LogP) is 3.65. The molecule has 4 rings (SSSR count). The maximum Gasteiger partial charge on any atom is 0.272 e. The molecule has 1 aliphatic carbocycles. The highest BCUT2D eigenvalue weighted by Gasteiger charge is 2.50. The van der Waals surface area contributed by atoms with Crippen molar-refractivity contribution in [2.24, 2.45) is 28.0 Å². The number of benzene rings is 2. The molecule has 2 atom stereocenters. The van der Waals surface area contributed by atoms with Crippen molar-refractivity contribution in [3.05, 3.63) is 65.7 Å². The molecule has 0 aromatic heterocycles. The van der Waals surface area contributed by atoms with Crippen LogP contribution < -0.4 is 16.0 Å². The molecule has 2 aromatic rings. The van der Waals surface area contributed by atoms with Crippen molar-refractivity contribution >= 4 is 29.1 Å². The minimum atomic E-state index is -1.11. The van der Waals surface area contributed by atoms with Crippen molar-refractivity contribution in [2.45, 2.75) is 52.1 Å². The number of nitrogens with one attached hydrogen (secondary N) is 1. The Morgan fingerprint density at radius 2 is 1.71 bits per heavy atom. The number of hydrogen-bond donors (Lipinski definition) is 2. The van der Waals surface area contributed by atoms with E-state index in [0.29, 0.717) is 25.0 Å². The van der Waals surface area contributed by atoms with Crippen LogP contribution in [-0.4, -0.2) is 36.6 Å². The van der Waals surface area contributed by atoms with E-state index in [4.69, 9.17) is 10.7 Å². The predicted molar refractivity (Wildman–Crippen MR) is 137 cm³/mol. The van der Waals surface area contributed by atoms with Gasteiger partial charge in [-0.05, 0) is 31.2 Å². The van der Waals surface area contributed by atoms with E-state index in [2.05, 4.69) is 5.32 Å². The van der Waals surface area contributed by atoms with Gasteiger partial charge in [0.15, 0.2) is 0 Å². The lowest BCUT2D eigenvalue weighted by atomic mass is 9.69.